The Balaban J connectivity index is 1.15. The van der Waals surface area contributed by atoms with Crippen molar-refractivity contribution in [3.63, 3.8) is 0 Å². The molecule has 0 aliphatic carbocycles. The van der Waals surface area contributed by atoms with E-state index in [1.54, 1.807) is 9.80 Å². The third-order valence-corrected chi connectivity index (χ3v) is 12.4. The molecule has 6 atom stereocenters. The van der Waals surface area contributed by atoms with Crippen LogP contribution in [0, 0.1) is 22.7 Å². The number of hydrogen-bond acceptors (Lipinski definition) is 10. The summed E-state index contributed by atoms with van der Waals surface area (Å²) in [5.74, 6) is 0.129. The van der Waals surface area contributed by atoms with Gasteiger partial charge in [0, 0.05) is 37.3 Å². The van der Waals surface area contributed by atoms with Crippen molar-refractivity contribution < 1.29 is 27.5 Å². The number of carbonyl (C=O) groups excluding carboxylic acids is 2. The van der Waals surface area contributed by atoms with Gasteiger partial charge in [-0.1, -0.05) is 46.4 Å². The minimum atomic E-state index is -4.09. The minimum Gasteiger partial charge on any atom is -0.490 e. The van der Waals surface area contributed by atoms with E-state index in [4.69, 9.17) is 55.9 Å². The lowest BCUT2D eigenvalue weighted by Crippen LogP contribution is -2.47. The average Bonchev–Trinajstić information content (AvgIpc) is 3.95. The Morgan fingerprint density at radius 3 is 1.53 bits per heavy atom. The summed E-state index contributed by atoms with van der Waals surface area (Å²) >= 11 is 26.3. The van der Waals surface area contributed by atoms with Gasteiger partial charge in [0.05, 0.1) is 61.9 Å². The molecule has 4 fully saturated rings. The molecule has 284 valence electrons. The monoisotopic (exact) mass is 825 g/mol. The van der Waals surface area contributed by atoms with Crippen LogP contribution >= 0.6 is 46.4 Å². The molecule has 4 heterocycles. The lowest BCUT2D eigenvalue weighted by Gasteiger charge is -2.27. The van der Waals surface area contributed by atoms with Crippen LogP contribution < -0.4 is 24.4 Å². The number of anilines is 2. The largest absolute Gasteiger partial charge is 0.490 e. The van der Waals surface area contributed by atoms with Gasteiger partial charge in [0.25, 0.3) is 0 Å². The number of sulfonamides is 1. The number of likely N-dealkylation sites (tertiary alicyclic amines) is 2. The van der Waals surface area contributed by atoms with Crippen molar-refractivity contribution in [3.8, 4) is 23.6 Å². The van der Waals surface area contributed by atoms with Crippen LogP contribution in [0.5, 0.6) is 11.5 Å². The van der Waals surface area contributed by atoms with Gasteiger partial charge in [-0.2, -0.15) is 10.5 Å². The molecule has 6 rings (SSSR count). The van der Waals surface area contributed by atoms with Crippen LogP contribution in [-0.4, -0.2) is 98.8 Å². The first-order valence-electron chi connectivity index (χ1n) is 17.4. The quantitative estimate of drug-likeness (QED) is 0.298. The van der Waals surface area contributed by atoms with Crippen molar-refractivity contribution in [1.29, 1.82) is 10.5 Å². The van der Waals surface area contributed by atoms with E-state index >= 15 is 0 Å². The first kappa shape index (κ1) is 39.5. The van der Waals surface area contributed by atoms with E-state index in [9.17, 15) is 28.5 Å². The zero-order chi connectivity index (χ0) is 38.0. The molecule has 0 spiro atoms. The zero-order valence-corrected chi connectivity index (χ0v) is 32.7. The van der Waals surface area contributed by atoms with Gasteiger partial charge in [-0.15, -0.1) is 0 Å². The highest BCUT2D eigenvalue weighted by Crippen LogP contribution is 2.45. The van der Waals surface area contributed by atoms with Gasteiger partial charge in [0.2, 0.25) is 21.8 Å². The molecule has 2 aromatic rings. The van der Waals surface area contributed by atoms with E-state index in [1.807, 2.05) is 0 Å². The minimum absolute atomic E-state index is 0.00563. The van der Waals surface area contributed by atoms with Crippen molar-refractivity contribution in [3.05, 3.63) is 44.4 Å². The Morgan fingerprint density at radius 2 is 1.15 bits per heavy atom. The number of nitrogens with zero attached hydrogens (tertiary/aromatic N) is 5. The molecule has 0 radical (unpaired) electrons. The van der Waals surface area contributed by atoms with Crippen LogP contribution in [0.2, 0.25) is 20.1 Å². The second-order valence-corrected chi connectivity index (χ2v) is 17.2. The van der Waals surface area contributed by atoms with Crippen LogP contribution in [0.15, 0.2) is 24.3 Å². The number of carbonyl (C=O) groups is 2. The molecular formula is C35H39Cl4N7O6S. The molecule has 0 bridgehead atoms. The van der Waals surface area contributed by atoms with Gasteiger partial charge in [-0.3, -0.25) is 20.2 Å². The molecule has 13 nitrogen and oxygen atoms in total. The van der Waals surface area contributed by atoms with Crippen LogP contribution in [0.1, 0.15) is 51.4 Å². The lowest BCUT2D eigenvalue weighted by atomic mass is 10.1. The Morgan fingerprint density at radius 1 is 0.736 bits per heavy atom. The third kappa shape index (κ3) is 8.70. The summed E-state index contributed by atoms with van der Waals surface area (Å²) in [7, 11) is -4.09. The fourth-order valence-electron chi connectivity index (χ4n) is 7.46. The van der Waals surface area contributed by atoms with Crippen molar-refractivity contribution >= 4 is 79.6 Å². The second-order valence-electron chi connectivity index (χ2n) is 13.7. The third-order valence-electron chi connectivity index (χ3n) is 10.1. The van der Waals surface area contributed by atoms with Crippen LogP contribution in [0.25, 0.3) is 0 Å². The van der Waals surface area contributed by atoms with Crippen molar-refractivity contribution in [1.82, 2.24) is 20.4 Å². The van der Waals surface area contributed by atoms with Crippen LogP contribution in [0.4, 0.5) is 11.4 Å². The van der Waals surface area contributed by atoms with E-state index in [1.165, 1.54) is 24.3 Å². The predicted octanol–water partition coefficient (Wildman–Crippen LogP) is 5.43. The maximum absolute atomic E-state index is 13.4. The summed E-state index contributed by atoms with van der Waals surface area (Å²) in [5.41, 5.74) is 0.0355. The lowest BCUT2D eigenvalue weighted by molar-refractivity contribution is -0.133. The maximum Gasteiger partial charge on any atom is 0.240 e. The molecule has 2 amide bonds. The Bertz CT molecular complexity index is 1820. The number of rotatable bonds is 11. The molecule has 53 heavy (non-hydrogen) atoms. The first-order valence-corrected chi connectivity index (χ1v) is 20.8. The van der Waals surface area contributed by atoms with Gasteiger partial charge in [-0.25, -0.2) is 12.7 Å². The molecule has 0 unspecified atom stereocenters. The molecule has 4 aliphatic heterocycles. The Labute approximate surface area is 329 Å². The summed E-state index contributed by atoms with van der Waals surface area (Å²) < 4.78 is 39.9. The number of nitrogens with one attached hydrogen (secondary N) is 2. The molecule has 2 aromatic carbocycles. The standard InChI is InChI=1S/C35H39Cl4N7O6S/c1-53(49,50)46(30-14-32(26(38)12-24(30)36)51-18-20-6-8-28(42-20)34(47)44-10-2-4-22(44)16-40)31-15-33(27(39)13-25(31)37)52-19-21-7-9-29(43-21)35(48)45-11-3-5-23(45)17-41/h12-15,20-23,28-29,42-43H,2-11,18-19H2,1H3/t20-,21-,22+,23+,28+,29+/m1/s1. The number of hydrogen-bond donors (Lipinski definition) is 2. The highest BCUT2D eigenvalue weighted by atomic mass is 35.5. The molecule has 4 saturated heterocycles. The first-order chi connectivity index (χ1) is 25.3. The highest BCUT2D eigenvalue weighted by Gasteiger charge is 2.39. The summed E-state index contributed by atoms with van der Waals surface area (Å²) in [6.45, 7) is 1.38. The molecular weight excluding hydrogens is 788 g/mol. The summed E-state index contributed by atoms with van der Waals surface area (Å²) in [6, 6.07) is 7.90. The maximum atomic E-state index is 13.4. The number of halogens is 4. The Kier molecular flexibility index (Phi) is 12.4. The second kappa shape index (κ2) is 16.7. The molecule has 18 heteroatoms. The van der Waals surface area contributed by atoms with Gasteiger partial charge >= 0.3 is 0 Å². The van der Waals surface area contributed by atoms with E-state index in [2.05, 4.69) is 22.8 Å². The smallest absolute Gasteiger partial charge is 0.240 e. The SMILES string of the molecule is CS(=O)(=O)N(c1cc(OC[C@H]2CC[C@@H](C(=O)N3CCC[C@H]3C#N)N2)c(Cl)cc1Cl)c1cc(OC[C@H]2CC[C@@H](C(=O)N3CCC[C@H]3C#N)N2)c(Cl)cc1Cl. The predicted molar refractivity (Wildman–Crippen MR) is 201 cm³/mol. The number of ether oxygens (including phenoxy) is 2. The summed E-state index contributed by atoms with van der Waals surface area (Å²) in [4.78, 5) is 29.4. The molecule has 2 N–H and O–H groups in total. The van der Waals surface area contributed by atoms with Gasteiger partial charge in [0.1, 0.15) is 36.8 Å². The number of nitriles is 2. The van der Waals surface area contributed by atoms with Crippen molar-refractivity contribution in [2.45, 2.75) is 87.6 Å². The van der Waals surface area contributed by atoms with Crippen LogP contribution in [-0.2, 0) is 19.6 Å². The van der Waals surface area contributed by atoms with Crippen molar-refractivity contribution in [2.24, 2.45) is 0 Å². The zero-order valence-electron chi connectivity index (χ0n) is 28.9. The van der Waals surface area contributed by atoms with E-state index in [0.717, 1.165) is 23.4 Å². The summed E-state index contributed by atoms with van der Waals surface area (Å²) in [6.07, 6.45) is 6.39. The molecule has 0 saturated carbocycles. The highest BCUT2D eigenvalue weighted by molar-refractivity contribution is 7.92. The van der Waals surface area contributed by atoms with E-state index < -0.39 is 34.2 Å². The molecule has 0 aromatic heterocycles. The Hall–Kier alpha value is -3.21. The van der Waals surface area contributed by atoms with Crippen LogP contribution in [0.3, 0.4) is 0 Å². The number of amides is 2. The van der Waals surface area contributed by atoms with E-state index in [-0.39, 0.29) is 80.1 Å². The van der Waals surface area contributed by atoms with Gasteiger partial charge in [-0.05, 0) is 63.5 Å². The average molecular weight is 828 g/mol. The fourth-order valence-corrected chi connectivity index (χ4v) is 9.62. The normalized spacial score (nSPS) is 25.6. The van der Waals surface area contributed by atoms with Crippen molar-refractivity contribution in [2.75, 3.05) is 36.9 Å². The fraction of sp³-hybridized carbons (Fsp3) is 0.543. The topological polar surface area (TPSA) is 168 Å². The van der Waals surface area contributed by atoms with E-state index in [0.29, 0.717) is 51.6 Å². The number of benzene rings is 2. The molecule has 4 aliphatic rings. The van der Waals surface area contributed by atoms with Gasteiger partial charge in [0.15, 0.2) is 0 Å². The summed E-state index contributed by atoms with van der Waals surface area (Å²) in [5, 5.41) is 25.7. The van der Waals surface area contributed by atoms with Gasteiger partial charge < -0.3 is 19.3 Å².